The molecular weight excluding hydrogens is 409 g/mol. The number of fused-ring (bicyclic) bond motifs is 1. The molecule has 0 N–H and O–H groups in total. The molecule has 0 fully saturated rings. The van der Waals surface area contributed by atoms with Crippen molar-refractivity contribution in [1.82, 2.24) is 4.90 Å². The van der Waals surface area contributed by atoms with Gasteiger partial charge in [0.15, 0.2) is 11.5 Å². The summed E-state index contributed by atoms with van der Waals surface area (Å²) in [6.07, 6.45) is 0. The lowest BCUT2D eigenvalue weighted by atomic mass is 10.1. The third kappa shape index (κ3) is 2.67. The highest BCUT2D eigenvalue weighted by molar-refractivity contribution is 14.1. The molecule has 0 radical (unpaired) electrons. The number of hydrogen-bond donors (Lipinski definition) is 0. The number of methoxy groups -OCH3 is 2. The summed E-state index contributed by atoms with van der Waals surface area (Å²) in [6, 6.07) is 10.9. The first kappa shape index (κ1) is 15.8. The zero-order valence-corrected chi connectivity index (χ0v) is 14.8. The lowest BCUT2D eigenvalue weighted by Crippen LogP contribution is -2.29. The molecule has 2 aromatic carbocycles. The maximum atomic E-state index is 12.7. The van der Waals surface area contributed by atoms with Gasteiger partial charge in [-0.2, -0.15) is 0 Å². The van der Waals surface area contributed by atoms with E-state index in [1.165, 1.54) is 19.1 Å². The second kappa shape index (κ2) is 6.19. The van der Waals surface area contributed by atoms with Crippen LogP contribution in [-0.2, 0) is 6.54 Å². The van der Waals surface area contributed by atoms with E-state index in [0.29, 0.717) is 17.1 Å². The zero-order chi connectivity index (χ0) is 16.6. The smallest absolute Gasteiger partial charge is 0.265 e. The van der Waals surface area contributed by atoms with Crippen LogP contribution in [0.5, 0.6) is 11.5 Å². The van der Waals surface area contributed by atoms with E-state index in [9.17, 15) is 9.59 Å². The average Bonchev–Trinajstić information content (AvgIpc) is 2.79. The number of hydrogen-bond acceptors (Lipinski definition) is 4. The Bertz CT molecular complexity index is 803. The van der Waals surface area contributed by atoms with Gasteiger partial charge in [0.05, 0.1) is 31.9 Å². The lowest BCUT2D eigenvalue weighted by Gasteiger charge is -2.14. The minimum absolute atomic E-state index is 0.231. The Kier molecular flexibility index (Phi) is 4.25. The van der Waals surface area contributed by atoms with Crippen molar-refractivity contribution in [3.05, 3.63) is 56.7 Å². The molecule has 2 amide bonds. The van der Waals surface area contributed by atoms with E-state index >= 15 is 0 Å². The van der Waals surface area contributed by atoms with E-state index in [-0.39, 0.29) is 23.9 Å². The SMILES string of the molecule is COc1ccc2c(c1OC)C(=O)N(Cc1cccc(I)c1)C2=O. The summed E-state index contributed by atoms with van der Waals surface area (Å²) in [5.74, 6) is 0.0569. The van der Waals surface area contributed by atoms with E-state index in [0.717, 1.165) is 9.13 Å². The molecule has 1 heterocycles. The number of nitrogens with zero attached hydrogens (tertiary/aromatic N) is 1. The number of rotatable bonds is 4. The Morgan fingerprint density at radius 3 is 2.48 bits per heavy atom. The van der Waals surface area contributed by atoms with Gasteiger partial charge in [0.1, 0.15) is 0 Å². The number of halogens is 1. The van der Waals surface area contributed by atoms with Crippen LogP contribution in [0.2, 0.25) is 0 Å². The summed E-state index contributed by atoms with van der Waals surface area (Å²) in [6.45, 7) is 0.231. The maximum Gasteiger partial charge on any atom is 0.265 e. The number of imide groups is 1. The maximum absolute atomic E-state index is 12.7. The van der Waals surface area contributed by atoms with Gasteiger partial charge in [-0.15, -0.1) is 0 Å². The predicted octanol–water partition coefficient (Wildman–Crippen LogP) is 3.10. The van der Waals surface area contributed by atoms with Crippen molar-refractivity contribution < 1.29 is 19.1 Å². The van der Waals surface area contributed by atoms with Crippen LogP contribution in [0, 0.1) is 3.57 Å². The highest BCUT2D eigenvalue weighted by atomic mass is 127. The number of carbonyl (C=O) groups is 2. The second-order valence-electron chi connectivity index (χ2n) is 5.05. The first-order valence-electron chi connectivity index (χ1n) is 6.92. The van der Waals surface area contributed by atoms with Crippen molar-refractivity contribution in [3.8, 4) is 11.5 Å². The fraction of sp³-hybridized carbons (Fsp3) is 0.176. The molecule has 0 spiro atoms. The first-order chi connectivity index (χ1) is 11.1. The fourth-order valence-corrected chi connectivity index (χ4v) is 3.26. The van der Waals surface area contributed by atoms with Crippen molar-refractivity contribution in [1.29, 1.82) is 0 Å². The Morgan fingerprint density at radius 1 is 1.04 bits per heavy atom. The van der Waals surface area contributed by atoms with Gasteiger partial charge in [0, 0.05) is 3.57 Å². The summed E-state index contributed by atoms with van der Waals surface area (Å²) in [5.41, 5.74) is 1.51. The second-order valence-corrected chi connectivity index (χ2v) is 6.30. The molecule has 0 atom stereocenters. The van der Waals surface area contributed by atoms with E-state index < -0.39 is 0 Å². The molecule has 5 nitrogen and oxygen atoms in total. The van der Waals surface area contributed by atoms with Gasteiger partial charge in [-0.3, -0.25) is 14.5 Å². The topological polar surface area (TPSA) is 55.8 Å². The van der Waals surface area contributed by atoms with E-state index in [1.807, 2.05) is 24.3 Å². The predicted molar refractivity (Wildman–Crippen MR) is 92.9 cm³/mol. The molecule has 2 aromatic rings. The first-order valence-corrected chi connectivity index (χ1v) is 8.00. The Balaban J connectivity index is 2.00. The fourth-order valence-electron chi connectivity index (χ4n) is 2.65. The van der Waals surface area contributed by atoms with Crippen molar-refractivity contribution in [2.75, 3.05) is 14.2 Å². The molecule has 3 rings (SSSR count). The van der Waals surface area contributed by atoms with Crippen molar-refractivity contribution in [2.24, 2.45) is 0 Å². The van der Waals surface area contributed by atoms with Crippen molar-refractivity contribution in [3.63, 3.8) is 0 Å². The minimum Gasteiger partial charge on any atom is -0.493 e. The molecule has 0 aromatic heterocycles. The standard InChI is InChI=1S/C17H14INO4/c1-22-13-7-6-12-14(15(13)23-2)17(21)19(16(12)20)9-10-4-3-5-11(18)8-10/h3-8H,9H2,1-2H3. The zero-order valence-electron chi connectivity index (χ0n) is 12.6. The van der Waals surface area contributed by atoms with Crippen LogP contribution >= 0.6 is 22.6 Å². The molecule has 0 bridgehead atoms. The van der Waals surface area contributed by atoms with Gasteiger partial charge in [-0.25, -0.2) is 0 Å². The molecule has 6 heteroatoms. The summed E-state index contributed by atoms with van der Waals surface area (Å²) < 4.78 is 11.5. The number of amides is 2. The molecule has 0 unspecified atom stereocenters. The van der Waals surface area contributed by atoms with E-state index in [2.05, 4.69) is 22.6 Å². The largest absolute Gasteiger partial charge is 0.493 e. The molecule has 1 aliphatic rings. The Morgan fingerprint density at radius 2 is 1.83 bits per heavy atom. The van der Waals surface area contributed by atoms with Gasteiger partial charge >= 0.3 is 0 Å². The molecular formula is C17H14INO4. The number of ether oxygens (including phenoxy) is 2. The molecule has 23 heavy (non-hydrogen) atoms. The van der Waals surface area contributed by atoms with Gasteiger partial charge in [0.25, 0.3) is 11.8 Å². The quantitative estimate of drug-likeness (QED) is 0.561. The average molecular weight is 423 g/mol. The molecule has 1 aliphatic heterocycles. The third-order valence-electron chi connectivity index (χ3n) is 3.71. The Hall–Kier alpha value is -2.09. The lowest BCUT2D eigenvalue weighted by molar-refractivity contribution is 0.0641. The molecule has 118 valence electrons. The number of benzene rings is 2. The minimum atomic E-state index is -0.361. The molecule has 0 aliphatic carbocycles. The van der Waals surface area contributed by atoms with Crippen molar-refractivity contribution >= 4 is 34.4 Å². The van der Waals surface area contributed by atoms with E-state index in [1.54, 1.807) is 12.1 Å². The van der Waals surface area contributed by atoms with Crippen LogP contribution in [0.15, 0.2) is 36.4 Å². The summed E-state index contributed by atoms with van der Waals surface area (Å²) in [5, 5.41) is 0. The van der Waals surface area contributed by atoms with Crippen molar-refractivity contribution in [2.45, 2.75) is 6.54 Å². The van der Waals surface area contributed by atoms with Gasteiger partial charge in [0.2, 0.25) is 0 Å². The van der Waals surface area contributed by atoms with E-state index in [4.69, 9.17) is 9.47 Å². The molecule has 0 saturated heterocycles. The summed E-state index contributed by atoms with van der Waals surface area (Å²) in [4.78, 5) is 26.5. The monoisotopic (exact) mass is 423 g/mol. The number of carbonyl (C=O) groups excluding carboxylic acids is 2. The van der Waals surface area contributed by atoms with Gasteiger partial charge < -0.3 is 9.47 Å². The van der Waals surface area contributed by atoms with Crippen LogP contribution in [0.3, 0.4) is 0 Å². The van der Waals surface area contributed by atoms with Crippen LogP contribution in [0.1, 0.15) is 26.3 Å². The highest BCUT2D eigenvalue weighted by Crippen LogP contribution is 2.38. The van der Waals surface area contributed by atoms with Crippen LogP contribution in [0.25, 0.3) is 0 Å². The summed E-state index contributed by atoms with van der Waals surface area (Å²) >= 11 is 2.20. The van der Waals surface area contributed by atoms with Crippen LogP contribution in [0.4, 0.5) is 0 Å². The normalized spacial score (nSPS) is 13.3. The van der Waals surface area contributed by atoms with Gasteiger partial charge in [-0.1, -0.05) is 12.1 Å². The van der Waals surface area contributed by atoms with Gasteiger partial charge in [-0.05, 0) is 52.4 Å². The third-order valence-corrected chi connectivity index (χ3v) is 4.38. The molecule has 0 saturated carbocycles. The summed E-state index contributed by atoms with van der Waals surface area (Å²) in [7, 11) is 2.95. The van der Waals surface area contributed by atoms with Crippen LogP contribution < -0.4 is 9.47 Å². The highest BCUT2D eigenvalue weighted by Gasteiger charge is 2.39. The Labute approximate surface area is 147 Å². The van der Waals surface area contributed by atoms with Crippen LogP contribution in [-0.4, -0.2) is 30.9 Å².